The lowest BCUT2D eigenvalue weighted by Crippen LogP contribution is -2.02. The molecule has 0 aromatic heterocycles. The molecule has 0 saturated heterocycles. The molecule has 0 atom stereocenters. The Morgan fingerprint density at radius 2 is 1.06 bits per heavy atom. The Kier molecular flexibility index (Phi) is 5.01. The van der Waals surface area contributed by atoms with Crippen LogP contribution in [0, 0.1) is 0 Å². The van der Waals surface area contributed by atoms with Crippen LogP contribution in [0.4, 0.5) is 0 Å². The zero-order chi connectivity index (χ0) is 13.0. The third-order valence-electron chi connectivity index (χ3n) is 0.773. The first-order valence-electron chi connectivity index (χ1n) is 3.26. The van der Waals surface area contributed by atoms with Gasteiger partial charge in [-0.1, -0.05) is 0 Å². The van der Waals surface area contributed by atoms with Crippen molar-refractivity contribution in [2.24, 2.45) is 0 Å². The Balaban J connectivity index is 4.30. The molecule has 0 aliphatic rings. The average molecular weight is 276 g/mol. The maximum Gasteiger partial charge on any atom is 0.527 e. The molecule has 0 unspecified atom stereocenters. The van der Waals surface area contributed by atoms with Crippen LogP contribution < -0.4 is 0 Å². The highest BCUT2D eigenvalue weighted by Crippen LogP contribution is 2.37. The van der Waals surface area contributed by atoms with E-state index < -0.39 is 27.6 Å². The molecule has 4 N–H and O–H groups in total. The molecule has 0 aliphatic heterocycles. The maximum atomic E-state index is 10.5. The van der Waals surface area contributed by atoms with Gasteiger partial charge in [0.2, 0.25) is 0 Å². The van der Waals surface area contributed by atoms with Crippen LogP contribution in [0.5, 0.6) is 0 Å². The lowest BCUT2D eigenvalue weighted by Gasteiger charge is -2.02. The van der Waals surface area contributed by atoms with E-state index in [1.807, 2.05) is 0 Å². The Hall–Kier alpha value is -1.02. The van der Waals surface area contributed by atoms with Crippen LogP contribution in [0.15, 0.2) is 12.2 Å². The number of carbonyl (C=O) groups is 2. The first-order chi connectivity index (χ1) is 6.99. The van der Waals surface area contributed by atoms with Gasteiger partial charge in [-0.3, -0.25) is 19.6 Å². The van der Waals surface area contributed by atoms with Gasteiger partial charge >= 0.3 is 27.6 Å². The summed E-state index contributed by atoms with van der Waals surface area (Å²) in [6, 6.07) is 0. The first kappa shape index (κ1) is 15.0. The summed E-state index contributed by atoms with van der Waals surface area (Å²) in [6.45, 7) is 0. The van der Waals surface area contributed by atoms with E-state index >= 15 is 0 Å². The van der Waals surface area contributed by atoms with Crippen molar-refractivity contribution < 1.29 is 47.3 Å². The summed E-state index contributed by atoms with van der Waals surface area (Å²) in [5.74, 6) is -3.15. The molecule has 0 radical (unpaired) electrons. The van der Waals surface area contributed by atoms with Crippen molar-refractivity contribution in [3.63, 3.8) is 0 Å². The van der Waals surface area contributed by atoms with Gasteiger partial charge in [-0.15, -0.1) is 0 Å². The molecular weight excluding hydrogens is 270 g/mol. The topological polar surface area (TPSA) is 168 Å². The summed E-state index contributed by atoms with van der Waals surface area (Å²) in [7, 11) is -10.1. The molecular formula is C4H6O10P2. The van der Waals surface area contributed by atoms with Crippen molar-refractivity contribution in [3.05, 3.63) is 12.2 Å². The largest absolute Gasteiger partial charge is 0.527 e. The minimum atomic E-state index is -5.03. The van der Waals surface area contributed by atoms with Crippen molar-refractivity contribution >= 4 is 27.6 Å². The van der Waals surface area contributed by atoms with Crippen LogP contribution in [-0.2, 0) is 27.8 Å². The van der Waals surface area contributed by atoms with E-state index in [-0.39, 0.29) is 12.2 Å². The summed E-state index contributed by atoms with van der Waals surface area (Å²) >= 11 is 0. The van der Waals surface area contributed by atoms with Gasteiger partial charge in [0.15, 0.2) is 0 Å². The molecule has 0 aromatic rings. The molecule has 0 bridgehead atoms. The molecule has 0 aromatic carbocycles. The molecule has 0 fully saturated rings. The second kappa shape index (κ2) is 5.35. The van der Waals surface area contributed by atoms with Crippen LogP contribution >= 0.6 is 15.6 Å². The fourth-order valence-corrected chi connectivity index (χ4v) is 1.02. The monoisotopic (exact) mass is 276 g/mol. The van der Waals surface area contributed by atoms with Crippen molar-refractivity contribution in [1.82, 2.24) is 0 Å². The van der Waals surface area contributed by atoms with Gasteiger partial charge < -0.3 is 9.05 Å². The Morgan fingerprint density at radius 1 is 0.812 bits per heavy atom. The van der Waals surface area contributed by atoms with E-state index in [2.05, 4.69) is 9.05 Å². The lowest BCUT2D eigenvalue weighted by atomic mass is 10.5. The first-order valence-corrected chi connectivity index (χ1v) is 6.32. The molecule has 16 heavy (non-hydrogen) atoms. The van der Waals surface area contributed by atoms with Crippen LogP contribution in [0.3, 0.4) is 0 Å². The molecule has 0 spiro atoms. The summed E-state index contributed by atoms with van der Waals surface area (Å²) in [5.41, 5.74) is 0. The Morgan fingerprint density at radius 3 is 1.25 bits per heavy atom. The summed E-state index contributed by atoms with van der Waals surface area (Å²) < 4.78 is 27.1. The lowest BCUT2D eigenvalue weighted by molar-refractivity contribution is -0.133. The van der Waals surface area contributed by atoms with Gasteiger partial charge in [0.1, 0.15) is 0 Å². The second-order valence-corrected chi connectivity index (χ2v) is 4.46. The second-order valence-electron chi connectivity index (χ2n) is 2.14. The van der Waals surface area contributed by atoms with E-state index in [0.29, 0.717) is 0 Å². The van der Waals surface area contributed by atoms with Crippen molar-refractivity contribution in [2.75, 3.05) is 0 Å². The van der Waals surface area contributed by atoms with Gasteiger partial charge in [-0.25, -0.2) is 18.7 Å². The molecule has 0 rings (SSSR count). The van der Waals surface area contributed by atoms with Gasteiger partial charge in [0.25, 0.3) is 0 Å². The van der Waals surface area contributed by atoms with E-state index in [4.69, 9.17) is 19.6 Å². The smallest absolute Gasteiger partial charge is 0.367 e. The van der Waals surface area contributed by atoms with E-state index in [9.17, 15) is 18.7 Å². The van der Waals surface area contributed by atoms with Gasteiger partial charge in [-0.05, 0) is 0 Å². The predicted molar refractivity (Wildman–Crippen MR) is 45.4 cm³/mol. The molecule has 10 nitrogen and oxygen atoms in total. The fourth-order valence-electron chi connectivity index (χ4n) is 0.431. The third kappa shape index (κ3) is 9.53. The molecule has 0 heterocycles. The van der Waals surface area contributed by atoms with Crippen molar-refractivity contribution in [1.29, 1.82) is 0 Å². The quantitative estimate of drug-likeness (QED) is 0.362. The van der Waals surface area contributed by atoms with Crippen LogP contribution in [-0.4, -0.2) is 31.5 Å². The summed E-state index contributed by atoms with van der Waals surface area (Å²) in [4.78, 5) is 53.6. The molecule has 0 saturated carbocycles. The third-order valence-corrected chi connectivity index (χ3v) is 1.61. The number of hydrogen-bond acceptors (Lipinski definition) is 6. The highest BCUT2D eigenvalue weighted by molar-refractivity contribution is 7.47. The predicted octanol–water partition coefficient (Wildman–Crippen LogP) is -1.19. The Labute approximate surface area is 88.0 Å². The average Bonchev–Trinajstić information content (AvgIpc) is 1.94. The van der Waals surface area contributed by atoms with Crippen molar-refractivity contribution in [3.8, 4) is 0 Å². The van der Waals surface area contributed by atoms with E-state index in [1.165, 1.54) is 0 Å². The van der Waals surface area contributed by atoms with Gasteiger partial charge in [-0.2, -0.15) is 0 Å². The van der Waals surface area contributed by atoms with E-state index in [0.717, 1.165) is 0 Å². The van der Waals surface area contributed by atoms with Gasteiger partial charge in [0.05, 0.1) is 0 Å². The number of phosphoric ester groups is 2. The Bertz CT molecular complexity index is 359. The van der Waals surface area contributed by atoms with E-state index in [1.54, 1.807) is 0 Å². The minimum Gasteiger partial charge on any atom is -0.367 e. The summed E-state index contributed by atoms with van der Waals surface area (Å²) in [5, 5.41) is 0. The highest BCUT2D eigenvalue weighted by Gasteiger charge is 2.20. The standard InChI is InChI=1S/C4H6O10P2/c5-3(13-15(7,8)9)1-2-4(6)14-16(10,11)12/h1-2H,(H2,7,8,9)(H2,10,11,12)/b2-1-. The minimum absolute atomic E-state index is 0.233. The number of rotatable bonds is 4. The SMILES string of the molecule is O=C(/C=C\C(=O)OP(=O)(O)O)OP(=O)(O)O. The fraction of sp³-hybridized carbons (Fsp3) is 0. The zero-order valence-electron chi connectivity index (χ0n) is 7.29. The number of phosphoric acid groups is 2. The van der Waals surface area contributed by atoms with Crippen molar-refractivity contribution in [2.45, 2.75) is 0 Å². The summed E-state index contributed by atoms with van der Waals surface area (Å²) in [6.07, 6.45) is 0.466. The van der Waals surface area contributed by atoms with Crippen LogP contribution in [0.25, 0.3) is 0 Å². The van der Waals surface area contributed by atoms with Gasteiger partial charge in [0, 0.05) is 12.2 Å². The number of carbonyl (C=O) groups excluding carboxylic acids is 2. The molecule has 0 aliphatic carbocycles. The highest BCUT2D eigenvalue weighted by atomic mass is 31.2. The zero-order valence-corrected chi connectivity index (χ0v) is 9.08. The molecule has 0 amide bonds. The maximum absolute atomic E-state index is 10.5. The number of hydrogen-bond donors (Lipinski definition) is 4. The van der Waals surface area contributed by atoms with Crippen LogP contribution in [0.2, 0.25) is 0 Å². The molecule has 12 heteroatoms. The van der Waals surface area contributed by atoms with Crippen LogP contribution in [0.1, 0.15) is 0 Å². The normalized spacial score (nSPS) is 12.5. The molecule has 92 valence electrons.